The van der Waals surface area contributed by atoms with Crippen molar-refractivity contribution in [3.63, 3.8) is 0 Å². The molecular formula is C10H16O3S. The van der Waals surface area contributed by atoms with Crippen LogP contribution in [0.25, 0.3) is 0 Å². The van der Waals surface area contributed by atoms with Gasteiger partial charge in [0, 0.05) is 4.90 Å². The van der Waals surface area contributed by atoms with Gasteiger partial charge in [-0.15, -0.1) is 4.33 Å². The Hall–Kier alpha value is -0.550. The normalized spacial score (nSPS) is 9.14. The van der Waals surface area contributed by atoms with Crippen molar-refractivity contribution in [2.75, 3.05) is 7.11 Å². The Morgan fingerprint density at radius 1 is 1.07 bits per heavy atom. The van der Waals surface area contributed by atoms with E-state index in [4.69, 9.17) is 0 Å². The van der Waals surface area contributed by atoms with E-state index >= 15 is 0 Å². The van der Waals surface area contributed by atoms with Crippen molar-refractivity contribution in [2.24, 2.45) is 0 Å². The quantitative estimate of drug-likeness (QED) is 0.333. The lowest BCUT2D eigenvalue weighted by Crippen LogP contribution is -1.83. The fourth-order valence-corrected chi connectivity index (χ4v) is 1.08. The first-order chi connectivity index (χ1) is 6.83. The minimum atomic E-state index is 0.970. The van der Waals surface area contributed by atoms with E-state index in [9.17, 15) is 0 Å². The summed E-state index contributed by atoms with van der Waals surface area (Å²) in [5.74, 6) is 0. The van der Waals surface area contributed by atoms with Gasteiger partial charge in [0.15, 0.2) is 0 Å². The van der Waals surface area contributed by atoms with Gasteiger partial charge in [0.1, 0.15) is 0 Å². The topological polar surface area (TPSA) is 27.7 Å². The number of benzene rings is 1. The third-order valence-electron chi connectivity index (χ3n) is 1.25. The van der Waals surface area contributed by atoms with Gasteiger partial charge in [-0.2, -0.15) is 0 Å². The van der Waals surface area contributed by atoms with Crippen molar-refractivity contribution in [1.82, 2.24) is 0 Å². The third-order valence-corrected chi connectivity index (χ3v) is 1.84. The van der Waals surface area contributed by atoms with Crippen LogP contribution in [0.1, 0.15) is 19.4 Å². The Bertz CT molecular complexity index is 223. The van der Waals surface area contributed by atoms with Crippen LogP contribution >= 0.6 is 12.0 Å². The molecule has 14 heavy (non-hydrogen) atoms. The average molecular weight is 216 g/mol. The summed E-state index contributed by atoms with van der Waals surface area (Å²) >= 11 is 1.11. The van der Waals surface area contributed by atoms with E-state index in [2.05, 4.69) is 14.3 Å². The summed E-state index contributed by atoms with van der Waals surface area (Å²) in [5, 5.41) is 4.23. The van der Waals surface area contributed by atoms with Crippen LogP contribution in [0.5, 0.6) is 0 Å². The molecule has 0 aliphatic rings. The molecule has 0 spiro atoms. The fourth-order valence-electron chi connectivity index (χ4n) is 0.675. The summed E-state index contributed by atoms with van der Waals surface area (Å²) in [4.78, 5) is 5.21. The SMILES string of the molecule is CC.COOOSc1ccc(C)cc1. The van der Waals surface area contributed by atoms with E-state index in [1.807, 2.05) is 45.0 Å². The summed E-state index contributed by atoms with van der Waals surface area (Å²) in [7, 11) is 1.38. The highest BCUT2D eigenvalue weighted by Crippen LogP contribution is 2.19. The highest BCUT2D eigenvalue weighted by atomic mass is 32.2. The van der Waals surface area contributed by atoms with E-state index in [-0.39, 0.29) is 0 Å². The first-order valence-electron chi connectivity index (χ1n) is 4.43. The van der Waals surface area contributed by atoms with Crippen LogP contribution in [0.2, 0.25) is 0 Å². The Kier molecular flexibility index (Phi) is 8.67. The second kappa shape index (κ2) is 9.02. The summed E-state index contributed by atoms with van der Waals surface area (Å²) in [6.45, 7) is 6.03. The van der Waals surface area contributed by atoms with Crippen molar-refractivity contribution >= 4 is 12.0 Å². The molecule has 0 heterocycles. The molecule has 0 aromatic heterocycles. The van der Waals surface area contributed by atoms with Gasteiger partial charge < -0.3 is 0 Å². The zero-order valence-electron chi connectivity index (χ0n) is 8.94. The van der Waals surface area contributed by atoms with Crippen LogP contribution in [0.3, 0.4) is 0 Å². The molecule has 0 unspecified atom stereocenters. The lowest BCUT2D eigenvalue weighted by Gasteiger charge is -1.98. The Balaban J connectivity index is 0.000000791. The summed E-state index contributed by atoms with van der Waals surface area (Å²) < 4.78 is 4.60. The molecule has 0 saturated heterocycles. The number of hydrogen-bond donors (Lipinski definition) is 0. The minimum absolute atomic E-state index is 0.970. The molecule has 1 aromatic carbocycles. The molecule has 0 fully saturated rings. The standard InChI is InChI=1S/C8H10O3S.C2H6/c1-7-3-5-8(6-4-7)12-11-10-9-2;1-2/h3-6H,1-2H3;1-2H3. The Morgan fingerprint density at radius 3 is 2.14 bits per heavy atom. The predicted molar refractivity (Wildman–Crippen MR) is 57.6 cm³/mol. The van der Waals surface area contributed by atoms with Crippen molar-refractivity contribution in [3.05, 3.63) is 29.8 Å². The first kappa shape index (κ1) is 13.4. The Labute approximate surface area is 89.4 Å². The van der Waals surface area contributed by atoms with Crippen LogP contribution in [-0.2, 0) is 14.3 Å². The molecule has 0 aliphatic carbocycles. The molecule has 4 heteroatoms. The minimum Gasteiger partial charge on any atom is -0.209 e. The van der Waals surface area contributed by atoms with E-state index in [1.54, 1.807) is 0 Å². The molecule has 0 saturated carbocycles. The number of aryl methyl sites for hydroxylation is 1. The average Bonchev–Trinajstić information content (AvgIpc) is 2.24. The van der Waals surface area contributed by atoms with Crippen molar-refractivity contribution in [2.45, 2.75) is 25.7 Å². The second-order valence-corrected chi connectivity index (χ2v) is 2.97. The smallest absolute Gasteiger partial charge is 0.0744 e. The lowest BCUT2D eigenvalue weighted by atomic mass is 10.2. The summed E-state index contributed by atoms with van der Waals surface area (Å²) in [5.41, 5.74) is 1.21. The van der Waals surface area contributed by atoms with Gasteiger partial charge in [-0.25, -0.2) is 4.89 Å². The van der Waals surface area contributed by atoms with Crippen molar-refractivity contribution < 1.29 is 14.3 Å². The highest BCUT2D eigenvalue weighted by molar-refractivity contribution is 7.94. The molecule has 0 amide bonds. The lowest BCUT2D eigenvalue weighted by molar-refractivity contribution is -0.447. The monoisotopic (exact) mass is 216 g/mol. The van der Waals surface area contributed by atoms with Crippen LogP contribution in [0.15, 0.2) is 29.2 Å². The van der Waals surface area contributed by atoms with Gasteiger partial charge in [0.05, 0.1) is 19.2 Å². The molecule has 3 nitrogen and oxygen atoms in total. The largest absolute Gasteiger partial charge is 0.209 e. The summed E-state index contributed by atoms with van der Waals surface area (Å²) in [6, 6.07) is 7.88. The fraction of sp³-hybridized carbons (Fsp3) is 0.400. The van der Waals surface area contributed by atoms with Crippen LogP contribution < -0.4 is 0 Å². The molecule has 0 radical (unpaired) electrons. The van der Waals surface area contributed by atoms with Gasteiger partial charge in [-0.3, -0.25) is 0 Å². The van der Waals surface area contributed by atoms with E-state index in [0.717, 1.165) is 16.9 Å². The zero-order valence-corrected chi connectivity index (χ0v) is 9.76. The Morgan fingerprint density at radius 2 is 1.64 bits per heavy atom. The molecule has 1 rings (SSSR count). The molecule has 0 aliphatic heterocycles. The maximum Gasteiger partial charge on any atom is 0.0744 e. The molecule has 0 atom stereocenters. The number of rotatable bonds is 4. The van der Waals surface area contributed by atoms with Crippen molar-refractivity contribution in [1.29, 1.82) is 0 Å². The molecule has 80 valence electrons. The van der Waals surface area contributed by atoms with Crippen LogP contribution in [0, 0.1) is 6.92 Å². The molecular weight excluding hydrogens is 200 g/mol. The van der Waals surface area contributed by atoms with Crippen molar-refractivity contribution in [3.8, 4) is 0 Å². The summed E-state index contributed by atoms with van der Waals surface area (Å²) in [6.07, 6.45) is 0. The van der Waals surface area contributed by atoms with Crippen LogP contribution in [-0.4, -0.2) is 7.11 Å². The predicted octanol–water partition coefficient (Wildman–Crippen LogP) is 3.54. The van der Waals surface area contributed by atoms with E-state index < -0.39 is 0 Å². The second-order valence-electron chi connectivity index (χ2n) is 2.20. The van der Waals surface area contributed by atoms with Gasteiger partial charge in [-0.1, -0.05) is 36.6 Å². The van der Waals surface area contributed by atoms with E-state index in [1.165, 1.54) is 12.7 Å². The number of hydrogen-bond acceptors (Lipinski definition) is 4. The highest BCUT2D eigenvalue weighted by Gasteiger charge is 1.94. The van der Waals surface area contributed by atoms with E-state index in [0.29, 0.717) is 0 Å². The van der Waals surface area contributed by atoms with Crippen LogP contribution in [0.4, 0.5) is 0 Å². The maximum atomic E-state index is 4.60. The maximum absolute atomic E-state index is 4.60. The van der Waals surface area contributed by atoms with Gasteiger partial charge in [0.25, 0.3) is 0 Å². The third kappa shape index (κ3) is 5.99. The zero-order chi connectivity index (χ0) is 10.8. The molecule has 1 aromatic rings. The molecule has 0 N–H and O–H groups in total. The van der Waals surface area contributed by atoms with Gasteiger partial charge in [-0.05, 0) is 19.1 Å². The van der Waals surface area contributed by atoms with Gasteiger partial charge in [0.2, 0.25) is 0 Å². The first-order valence-corrected chi connectivity index (χ1v) is 5.18. The van der Waals surface area contributed by atoms with Gasteiger partial charge >= 0.3 is 0 Å². The molecule has 0 bridgehead atoms.